The van der Waals surface area contributed by atoms with Crippen molar-refractivity contribution < 1.29 is 18.7 Å². The number of hydrogen-bond donors (Lipinski definition) is 1. The van der Waals surface area contributed by atoms with Gasteiger partial charge >= 0.3 is 0 Å². The molecule has 1 saturated heterocycles. The van der Waals surface area contributed by atoms with Gasteiger partial charge < -0.3 is 15.0 Å². The minimum absolute atomic E-state index is 0.0171. The summed E-state index contributed by atoms with van der Waals surface area (Å²) in [5.41, 5.74) is 0.225. The Bertz CT molecular complexity index is 599. The van der Waals surface area contributed by atoms with Crippen molar-refractivity contribution in [2.45, 2.75) is 19.9 Å². The molecule has 24 heavy (non-hydrogen) atoms. The second-order valence-corrected chi connectivity index (χ2v) is 6.14. The van der Waals surface area contributed by atoms with Gasteiger partial charge in [0.2, 0.25) is 5.91 Å². The summed E-state index contributed by atoms with van der Waals surface area (Å²) in [7, 11) is 1.45. The number of carbonyl (C=O) groups excluding carboxylic acids is 2. The summed E-state index contributed by atoms with van der Waals surface area (Å²) >= 11 is 0. The summed E-state index contributed by atoms with van der Waals surface area (Å²) < 4.78 is 18.6. The molecular weight excluding hydrogens is 313 g/mol. The molecule has 0 atom stereocenters. The van der Waals surface area contributed by atoms with Crippen LogP contribution in [0.25, 0.3) is 0 Å². The second-order valence-electron chi connectivity index (χ2n) is 6.14. The first-order valence-electron chi connectivity index (χ1n) is 8.05. The van der Waals surface area contributed by atoms with Crippen LogP contribution in [0.3, 0.4) is 0 Å². The van der Waals surface area contributed by atoms with E-state index in [-0.39, 0.29) is 23.4 Å². The van der Waals surface area contributed by atoms with Gasteiger partial charge in [-0.25, -0.2) is 4.39 Å². The number of methoxy groups -OCH3 is 1. The predicted molar refractivity (Wildman–Crippen MR) is 88.6 cm³/mol. The van der Waals surface area contributed by atoms with E-state index in [1.54, 1.807) is 4.90 Å². The summed E-state index contributed by atoms with van der Waals surface area (Å²) in [5, 5.41) is 2.85. The van der Waals surface area contributed by atoms with Crippen LogP contribution < -0.4 is 10.1 Å². The first-order valence-corrected chi connectivity index (χ1v) is 8.05. The average Bonchev–Trinajstić information content (AvgIpc) is 2.54. The van der Waals surface area contributed by atoms with Crippen molar-refractivity contribution in [1.82, 2.24) is 15.1 Å². The van der Waals surface area contributed by atoms with Gasteiger partial charge in [0.25, 0.3) is 5.91 Å². The number of rotatable bonds is 5. The van der Waals surface area contributed by atoms with E-state index in [0.717, 1.165) is 0 Å². The van der Waals surface area contributed by atoms with E-state index in [1.807, 2.05) is 18.7 Å². The maximum atomic E-state index is 13.4. The van der Waals surface area contributed by atoms with Crippen molar-refractivity contribution in [2.24, 2.45) is 0 Å². The molecule has 0 aliphatic carbocycles. The quantitative estimate of drug-likeness (QED) is 0.875. The van der Waals surface area contributed by atoms with E-state index < -0.39 is 5.82 Å². The van der Waals surface area contributed by atoms with E-state index in [2.05, 4.69) is 5.32 Å². The van der Waals surface area contributed by atoms with Gasteiger partial charge in [-0.1, -0.05) is 0 Å². The SMILES string of the molecule is COc1ccc(F)cc1C(=O)N1CCN(CC(=O)NC(C)C)CC1. The lowest BCUT2D eigenvalue weighted by atomic mass is 10.1. The maximum Gasteiger partial charge on any atom is 0.257 e. The van der Waals surface area contributed by atoms with Crippen LogP contribution in [0.1, 0.15) is 24.2 Å². The fraction of sp³-hybridized carbons (Fsp3) is 0.529. The van der Waals surface area contributed by atoms with E-state index in [4.69, 9.17) is 4.74 Å². The Morgan fingerprint density at radius 2 is 1.92 bits per heavy atom. The molecular formula is C17H24FN3O3. The lowest BCUT2D eigenvalue weighted by molar-refractivity contribution is -0.123. The molecule has 1 heterocycles. The Balaban J connectivity index is 1.93. The molecule has 6 nitrogen and oxygen atoms in total. The average molecular weight is 337 g/mol. The molecule has 1 N–H and O–H groups in total. The predicted octanol–water partition coefficient (Wildman–Crippen LogP) is 1.12. The molecule has 1 aliphatic heterocycles. The molecule has 1 aliphatic rings. The summed E-state index contributed by atoms with van der Waals surface area (Å²) in [5.74, 6) is -0.377. The molecule has 132 valence electrons. The fourth-order valence-electron chi connectivity index (χ4n) is 2.70. The number of carbonyl (C=O) groups is 2. The van der Waals surface area contributed by atoms with E-state index in [1.165, 1.54) is 25.3 Å². The Kier molecular flexibility index (Phi) is 6.14. The first kappa shape index (κ1) is 18.2. The van der Waals surface area contributed by atoms with Crippen molar-refractivity contribution >= 4 is 11.8 Å². The molecule has 2 amide bonds. The molecule has 7 heteroatoms. The molecule has 1 aromatic carbocycles. The number of halogens is 1. The molecule has 0 saturated carbocycles. The van der Waals surface area contributed by atoms with Crippen LogP contribution in [0, 0.1) is 5.82 Å². The number of piperazine rings is 1. The van der Waals surface area contributed by atoms with Crippen LogP contribution in [0.4, 0.5) is 4.39 Å². The first-order chi connectivity index (χ1) is 11.4. The number of benzene rings is 1. The van der Waals surface area contributed by atoms with Crippen molar-refractivity contribution in [1.29, 1.82) is 0 Å². The molecule has 0 aromatic heterocycles. The lowest BCUT2D eigenvalue weighted by Crippen LogP contribution is -2.51. The minimum atomic E-state index is -0.469. The molecule has 0 radical (unpaired) electrons. The number of ether oxygens (including phenoxy) is 1. The summed E-state index contributed by atoms with van der Waals surface area (Å²) in [4.78, 5) is 28.0. The zero-order valence-electron chi connectivity index (χ0n) is 14.3. The standard InChI is InChI=1S/C17H24FN3O3/c1-12(2)19-16(22)11-20-6-8-21(9-7-20)17(23)14-10-13(18)4-5-15(14)24-3/h4-5,10,12H,6-9,11H2,1-3H3,(H,19,22). The van der Waals surface area contributed by atoms with Gasteiger partial charge in [0.15, 0.2) is 0 Å². The van der Waals surface area contributed by atoms with Crippen molar-refractivity contribution in [3.8, 4) is 5.75 Å². The Hall–Kier alpha value is -2.15. The molecule has 1 fully saturated rings. The van der Waals surface area contributed by atoms with Gasteiger partial charge in [-0.15, -0.1) is 0 Å². The van der Waals surface area contributed by atoms with Crippen LogP contribution in [-0.4, -0.2) is 67.5 Å². The minimum Gasteiger partial charge on any atom is -0.496 e. The van der Waals surface area contributed by atoms with E-state index in [0.29, 0.717) is 38.5 Å². The normalized spacial score (nSPS) is 15.5. The van der Waals surface area contributed by atoms with Gasteiger partial charge in [-0.2, -0.15) is 0 Å². The number of amides is 2. The summed E-state index contributed by atoms with van der Waals surface area (Å²) in [6.07, 6.45) is 0. The fourth-order valence-corrected chi connectivity index (χ4v) is 2.70. The van der Waals surface area contributed by atoms with E-state index >= 15 is 0 Å². The summed E-state index contributed by atoms with van der Waals surface area (Å²) in [6.45, 7) is 6.36. The molecule has 0 unspecified atom stereocenters. The lowest BCUT2D eigenvalue weighted by Gasteiger charge is -2.34. The van der Waals surface area contributed by atoms with Crippen LogP contribution in [0.5, 0.6) is 5.75 Å². The van der Waals surface area contributed by atoms with Gasteiger partial charge in [-0.3, -0.25) is 14.5 Å². The van der Waals surface area contributed by atoms with Crippen LogP contribution in [-0.2, 0) is 4.79 Å². The highest BCUT2D eigenvalue weighted by atomic mass is 19.1. The topological polar surface area (TPSA) is 61.9 Å². The maximum absolute atomic E-state index is 13.4. The third-order valence-electron chi connectivity index (χ3n) is 3.87. The molecule has 1 aromatic rings. The van der Waals surface area contributed by atoms with Gasteiger partial charge in [0.1, 0.15) is 11.6 Å². The third kappa shape index (κ3) is 4.67. The van der Waals surface area contributed by atoms with E-state index in [9.17, 15) is 14.0 Å². The van der Waals surface area contributed by atoms with Gasteiger partial charge in [-0.05, 0) is 32.0 Å². The second kappa shape index (κ2) is 8.10. The highest BCUT2D eigenvalue weighted by molar-refractivity contribution is 5.97. The van der Waals surface area contributed by atoms with Gasteiger partial charge in [0, 0.05) is 32.2 Å². The van der Waals surface area contributed by atoms with Crippen molar-refractivity contribution in [2.75, 3.05) is 39.8 Å². The monoisotopic (exact) mass is 337 g/mol. The third-order valence-corrected chi connectivity index (χ3v) is 3.87. The molecule has 2 rings (SSSR count). The molecule has 0 spiro atoms. The number of nitrogens with one attached hydrogen (secondary N) is 1. The largest absolute Gasteiger partial charge is 0.496 e. The zero-order chi connectivity index (χ0) is 17.7. The number of hydrogen-bond acceptors (Lipinski definition) is 4. The van der Waals surface area contributed by atoms with Crippen LogP contribution in [0.2, 0.25) is 0 Å². The van der Waals surface area contributed by atoms with Crippen molar-refractivity contribution in [3.05, 3.63) is 29.6 Å². The Labute approximate surface area is 141 Å². The van der Waals surface area contributed by atoms with Gasteiger partial charge in [0.05, 0.1) is 19.2 Å². The Morgan fingerprint density at radius 1 is 1.25 bits per heavy atom. The van der Waals surface area contributed by atoms with Crippen LogP contribution in [0.15, 0.2) is 18.2 Å². The highest BCUT2D eigenvalue weighted by Crippen LogP contribution is 2.21. The zero-order valence-corrected chi connectivity index (χ0v) is 14.3. The summed E-state index contributed by atoms with van der Waals surface area (Å²) in [6, 6.07) is 4.03. The van der Waals surface area contributed by atoms with Crippen molar-refractivity contribution in [3.63, 3.8) is 0 Å². The Morgan fingerprint density at radius 3 is 2.50 bits per heavy atom. The molecule has 0 bridgehead atoms. The smallest absolute Gasteiger partial charge is 0.257 e. The van der Waals surface area contributed by atoms with Crippen LogP contribution >= 0.6 is 0 Å². The number of nitrogens with zero attached hydrogens (tertiary/aromatic N) is 2. The highest BCUT2D eigenvalue weighted by Gasteiger charge is 2.25.